The van der Waals surface area contributed by atoms with Crippen LogP contribution in [-0.4, -0.2) is 36.3 Å². The topological polar surface area (TPSA) is 71.7 Å². The van der Waals surface area contributed by atoms with E-state index in [0.29, 0.717) is 30.7 Å². The average molecular weight is 440 g/mol. The molecule has 1 fully saturated rings. The van der Waals surface area contributed by atoms with Crippen LogP contribution in [0.25, 0.3) is 10.2 Å². The van der Waals surface area contributed by atoms with Crippen LogP contribution < -0.4 is 4.80 Å². The van der Waals surface area contributed by atoms with E-state index in [0.717, 1.165) is 10.2 Å². The predicted octanol–water partition coefficient (Wildman–Crippen LogP) is 2.86. The number of hydrogen-bond acceptors (Lipinski definition) is 4. The Labute approximate surface area is 179 Å². The van der Waals surface area contributed by atoms with E-state index in [1.54, 1.807) is 30.3 Å². The highest BCUT2D eigenvalue weighted by atomic mass is 32.2. The van der Waals surface area contributed by atoms with Gasteiger partial charge < -0.3 is 4.57 Å². The van der Waals surface area contributed by atoms with E-state index in [1.807, 2.05) is 28.8 Å². The van der Waals surface area contributed by atoms with E-state index >= 15 is 0 Å². The summed E-state index contributed by atoms with van der Waals surface area (Å²) in [6, 6.07) is 16.1. The third kappa shape index (κ3) is 3.97. The lowest BCUT2D eigenvalue weighted by molar-refractivity contribution is -0.122. The molecule has 1 amide bonds. The maximum Gasteiger partial charge on any atom is 0.252 e. The normalized spacial score (nSPS) is 18.4. The number of sulfonamides is 1. The summed E-state index contributed by atoms with van der Waals surface area (Å²) in [4.78, 5) is 18.1. The number of carbonyl (C=O) groups excluding carboxylic acids is 1. The van der Waals surface area contributed by atoms with Gasteiger partial charge in [-0.05, 0) is 37.1 Å². The summed E-state index contributed by atoms with van der Waals surface area (Å²) in [5, 5.41) is 0. The first-order valence-electron chi connectivity index (χ1n) is 9.66. The van der Waals surface area contributed by atoms with E-state index < -0.39 is 15.9 Å². The zero-order valence-electron chi connectivity index (χ0n) is 16.3. The summed E-state index contributed by atoms with van der Waals surface area (Å²) in [6.45, 7) is 0.857. The fourth-order valence-electron chi connectivity index (χ4n) is 3.64. The van der Waals surface area contributed by atoms with Gasteiger partial charge in [-0.25, -0.2) is 8.42 Å². The summed E-state index contributed by atoms with van der Waals surface area (Å²) in [5.74, 6) is 1.84. The van der Waals surface area contributed by atoms with Gasteiger partial charge in [-0.1, -0.05) is 47.6 Å². The van der Waals surface area contributed by atoms with Crippen molar-refractivity contribution >= 4 is 37.5 Å². The average Bonchev–Trinajstić information content (AvgIpc) is 3.12. The number of carbonyl (C=O) groups is 1. The third-order valence-corrected chi connectivity index (χ3v) is 8.10. The van der Waals surface area contributed by atoms with Crippen molar-refractivity contribution in [1.82, 2.24) is 8.87 Å². The Bertz CT molecular complexity index is 1280. The first kappa shape index (κ1) is 20.5. The van der Waals surface area contributed by atoms with E-state index in [9.17, 15) is 13.2 Å². The number of aromatic nitrogens is 1. The number of benzene rings is 2. The lowest BCUT2D eigenvalue weighted by atomic mass is 9.99. The van der Waals surface area contributed by atoms with Gasteiger partial charge in [-0.15, -0.1) is 6.42 Å². The number of para-hydroxylation sites is 1. The maximum atomic E-state index is 13.0. The monoisotopic (exact) mass is 439 g/mol. The number of fused-ring (bicyclic) bond motifs is 1. The van der Waals surface area contributed by atoms with Crippen molar-refractivity contribution in [3.8, 4) is 12.3 Å². The number of terminal acetylenes is 1. The fraction of sp³-hybridized carbons (Fsp3) is 0.273. The lowest BCUT2D eigenvalue weighted by Crippen LogP contribution is -2.42. The van der Waals surface area contributed by atoms with Crippen molar-refractivity contribution in [2.45, 2.75) is 24.3 Å². The number of piperidine rings is 1. The molecule has 1 aromatic heterocycles. The highest BCUT2D eigenvalue weighted by molar-refractivity contribution is 7.89. The van der Waals surface area contributed by atoms with Crippen LogP contribution in [0.2, 0.25) is 0 Å². The minimum absolute atomic E-state index is 0.138. The number of hydrogen-bond donors (Lipinski definition) is 0. The molecular weight excluding hydrogens is 418 g/mol. The van der Waals surface area contributed by atoms with Crippen LogP contribution in [0.5, 0.6) is 0 Å². The summed E-state index contributed by atoms with van der Waals surface area (Å²) in [5.41, 5.74) is 0.934. The van der Waals surface area contributed by atoms with Crippen molar-refractivity contribution in [3.63, 3.8) is 0 Å². The highest BCUT2D eigenvalue weighted by Gasteiger charge is 2.33. The van der Waals surface area contributed by atoms with E-state index in [4.69, 9.17) is 6.42 Å². The molecule has 1 atom stereocenters. The molecule has 2 heterocycles. The van der Waals surface area contributed by atoms with Gasteiger partial charge >= 0.3 is 0 Å². The van der Waals surface area contributed by atoms with Crippen LogP contribution in [-0.2, 0) is 21.4 Å². The second kappa shape index (κ2) is 8.56. The Kier molecular flexibility index (Phi) is 5.86. The second-order valence-electron chi connectivity index (χ2n) is 7.11. The molecule has 0 spiro atoms. The molecule has 1 unspecified atom stereocenters. The van der Waals surface area contributed by atoms with Crippen molar-refractivity contribution in [1.29, 1.82) is 0 Å². The number of rotatable bonds is 4. The van der Waals surface area contributed by atoms with Crippen molar-refractivity contribution in [2.75, 3.05) is 13.1 Å². The standard InChI is InChI=1S/C22H21N3O3S2/c1-2-14-25-19-12-6-7-13-20(19)29-22(25)23-21(26)17-9-8-15-24(16-17)30(27,28)18-10-4-3-5-11-18/h1,3-7,10-13,17H,8-9,14-16H2. The predicted molar refractivity (Wildman–Crippen MR) is 117 cm³/mol. The molecule has 1 saturated heterocycles. The fourth-order valence-corrected chi connectivity index (χ4v) is 6.22. The van der Waals surface area contributed by atoms with Crippen LogP contribution in [0.4, 0.5) is 0 Å². The Morgan fingerprint density at radius 2 is 1.90 bits per heavy atom. The largest absolute Gasteiger partial charge is 0.305 e. The van der Waals surface area contributed by atoms with Crippen LogP contribution in [0, 0.1) is 18.3 Å². The van der Waals surface area contributed by atoms with Crippen molar-refractivity contribution in [3.05, 3.63) is 59.4 Å². The minimum atomic E-state index is -3.63. The number of thiazole rings is 1. The summed E-state index contributed by atoms with van der Waals surface area (Å²) < 4.78 is 30.1. The molecule has 6 nitrogen and oxygen atoms in total. The van der Waals surface area contributed by atoms with Gasteiger partial charge in [0, 0.05) is 13.1 Å². The Morgan fingerprint density at radius 1 is 1.17 bits per heavy atom. The van der Waals surface area contributed by atoms with E-state index in [2.05, 4.69) is 10.9 Å². The van der Waals surface area contributed by atoms with E-state index in [-0.39, 0.29) is 17.3 Å². The quantitative estimate of drug-likeness (QED) is 0.587. The number of nitrogens with zero attached hydrogens (tertiary/aromatic N) is 3. The third-order valence-electron chi connectivity index (χ3n) is 5.16. The molecule has 1 aliphatic rings. The summed E-state index contributed by atoms with van der Waals surface area (Å²) >= 11 is 1.41. The van der Waals surface area contributed by atoms with Crippen LogP contribution in [0.3, 0.4) is 0 Å². The van der Waals surface area contributed by atoms with Gasteiger partial charge in [-0.3, -0.25) is 4.79 Å². The molecule has 1 aliphatic heterocycles. The zero-order chi connectivity index (χ0) is 21.1. The lowest BCUT2D eigenvalue weighted by Gasteiger charge is -2.30. The zero-order valence-corrected chi connectivity index (χ0v) is 17.9. The Morgan fingerprint density at radius 3 is 2.67 bits per heavy atom. The Hall–Kier alpha value is -2.73. The molecule has 0 radical (unpaired) electrons. The molecule has 2 aromatic carbocycles. The van der Waals surface area contributed by atoms with Gasteiger partial charge in [0.25, 0.3) is 5.91 Å². The van der Waals surface area contributed by atoms with Gasteiger partial charge in [0.2, 0.25) is 10.0 Å². The van der Waals surface area contributed by atoms with Gasteiger partial charge in [-0.2, -0.15) is 9.30 Å². The van der Waals surface area contributed by atoms with Gasteiger partial charge in [0.15, 0.2) is 4.80 Å². The van der Waals surface area contributed by atoms with Crippen molar-refractivity contribution < 1.29 is 13.2 Å². The first-order chi connectivity index (χ1) is 14.5. The smallest absolute Gasteiger partial charge is 0.252 e. The van der Waals surface area contributed by atoms with Crippen molar-refractivity contribution in [2.24, 2.45) is 10.9 Å². The SMILES string of the molecule is C#CCn1c(=NC(=O)C2CCCN(S(=O)(=O)c3ccccc3)C2)sc2ccccc21. The number of amides is 1. The molecule has 154 valence electrons. The van der Waals surface area contributed by atoms with Gasteiger partial charge in [0.05, 0.1) is 27.6 Å². The molecule has 0 N–H and O–H groups in total. The summed E-state index contributed by atoms with van der Waals surface area (Å²) in [7, 11) is -3.63. The highest BCUT2D eigenvalue weighted by Crippen LogP contribution is 2.24. The molecule has 0 aliphatic carbocycles. The minimum Gasteiger partial charge on any atom is -0.305 e. The summed E-state index contributed by atoms with van der Waals surface area (Å²) in [6.07, 6.45) is 6.74. The molecular formula is C22H21N3O3S2. The molecule has 4 rings (SSSR count). The van der Waals surface area contributed by atoms with E-state index in [1.165, 1.54) is 15.6 Å². The van der Waals surface area contributed by atoms with Gasteiger partial charge in [0.1, 0.15) is 0 Å². The molecule has 0 bridgehead atoms. The van der Waals surface area contributed by atoms with Crippen LogP contribution >= 0.6 is 11.3 Å². The first-order valence-corrected chi connectivity index (χ1v) is 11.9. The van der Waals surface area contributed by atoms with Crippen LogP contribution in [0.1, 0.15) is 12.8 Å². The Balaban J connectivity index is 1.62. The molecule has 0 saturated carbocycles. The molecule has 8 heteroatoms. The maximum absolute atomic E-state index is 13.0. The second-order valence-corrected chi connectivity index (χ2v) is 10.1. The van der Waals surface area contributed by atoms with Crippen LogP contribution in [0.15, 0.2) is 64.5 Å². The molecule has 3 aromatic rings. The molecule has 30 heavy (non-hydrogen) atoms.